The first-order valence-corrected chi connectivity index (χ1v) is 7.14. The average molecular weight is 310 g/mol. The predicted octanol–water partition coefficient (Wildman–Crippen LogP) is 1.38. The molecular weight excluding hydrogens is 292 g/mol. The van der Waals surface area contributed by atoms with Gasteiger partial charge in [0.25, 0.3) is 0 Å². The Hall–Kier alpha value is -1.90. The largest absolute Gasteiger partial charge is 0.344 e. The van der Waals surface area contributed by atoms with Crippen LogP contribution in [0.2, 0.25) is 0 Å². The fourth-order valence-electron chi connectivity index (χ4n) is 1.75. The first-order valence-electron chi connectivity index (χ1n) is 6.51. The van der Waals surface area contributed by atoms with E-state index in [4.69, 9.17) is 4.52 Å². The van der Waals surface area contributed by atoms with E-state index in [1.54, 1.807) is 0 Å². The number of hydrogen-bond acceptors (Lipinski definition) is 7. The van der Waals surface area contributed by atoms with Crippen molar-refractivity contribution in [1.82, 2.24) is 30.6 Å². The fourth-order valence-corrected chi connectivity index (χ4v) is 1.95. The van der Waals surface area contributed by atoms with Crippen LogP contribution < -0.4 is 5.32 Å². The molecular formula is C12H18N6O2S. The van der Waals surface area contributed by atoms with Crippen molar-refractivity contribution in [2.75, 3.05) is 5.75 Å². The predicted molar refractivity (Wildman–Crippen MR) is 78.5 cm³/mol. The molecule has 0 fully saturated rings. The number of rotatable bonds is 5. The van der Waals surface area contributed by atoms with Crippen molar-refractivity contribution < 1.29 is 9.32 Å². The van der Waals surface area contributed by atoms with Crippen molar-refractivity contribution in [2.24, 2.45) is 5.41 Å². The van der Waals surface area contributed by atoms with Gasteiger partial charge in [0.15, 0.2) is 5.82 Å². The van der Waals surface area contributed by atoms with Gasteiger partial charge in [-0.25, -0.2) is 4.98 Å². The standard InChI is InChI=1S/C12H18N6O2S/c1-12(2,3)8(15-7(19)4-5-21)11-16-10(18-20-11)9-13-6-14-17-9/h6,8,21H,4-5H2,1-3H3,(H,15,19)(H,13,14,17). The van der Waals surface area contributed by atoms with Crippen molar-refractivity contribution >= 4 is 18.5 Å². The maximum absolute atomic E-state index is 11.8. The lowest BCUT2D eigenvalue weighted by Crippen LogP contribution is -2.37. The Bertz CT molecular complexity index is 589. The highest BCUT2D eigenvalue weighted by Crippen LogP contribution is 2.32. The van der Waals surface area contributed by atoms with Gasteiger partial charge in [-0.3, -0.25) is 9.89 Å². The molecule has 114 valence electrons. The lowest BCUT2D eigenvalue weighted by Gasteiger charge is -2.28. The molecule has 1 unspecified atom stereocenters. The van der Waals surface area contributed by atoms with E-state index in [0.717, 1.165) is 0 Å². The number of hydrogen-bond donors (Lipinski definition) is 3. The Balaban J connectivity index is 2.23. The van der Waals surface area contributed by atoms with E-state index in [0.29, 0.717) is 29.7 Å². The number of nitrogens with zero attached hydrogens (tertiary/aromatic N) is 4. The molecule has 8 nitrogen and oxygen atoms in total. The Morgan fingerprint density at radius 3 is 2.86 bits per heavy atom. The SMILES string of the molecule is CC(C)(C)C(NC(=O)CCS)c1nc(-c2ncn[nH]2)no1. The van der Waals surface area contributed by atoms with Gasteiger partial charge in [-0.2, -0.15) is 22.7 Å². The minimum atomic E-state index is -0.394. The van der Waals surface area contributed by atoms with Crippen molar-refractivity contribution in [3.63, 3.8) is 0 Å². The van der Waals surface area contributed by atoms with Crippen LogP contribution in [0.3, 0.4) is 0 Å². The number of carbonyl (C=O) groups is 1. The molecule has 0 aromatic carbocycles. The molecule has 2 aromatic heterocycles. The van der Waals surface area contributed by atoms with Gasteiger partial charge < -0.3 is 9.84 Å². The summed E-state index contributed by atoms with van der Waals surface area (Å²) in [6.45, 7) is 5.95. The summed E-state index contributed by atoms with van der Waals surface area (Å²) in [6.07, 6.45) is 1.69. The number of aromatic nitrogens is 5. The zero-order chi connectivity index (χ0) is 15.5. The quantitative estimate of drug-likeness (QED) is 0.720. The van der Waals surface area contributed by atoms with Crippen LogP contribution in [0.4, 0.5) is 0 Å². The summed E-state index contributed by atoms with van der Waals surface area (Å²) in [5.41, 5.74) is -0.280. The van der Waals surface area contributed by atoms with Gasteiger partial charge in [0.2, 0.25) is 17.6 Å². The monoisotopic (exact) mass is 310 g/mol. The lowest BCUT2D eigenvalue weighted by molar-refractivity contribution is -0.122. The van der Waals surface area contributed by atoms with Crippen LogP contribution in [0, 0.1) is 5.41 Å². The summed E-state index contributed by atoms with van der Waals surface area (Å²) in [5.74, 6) is 1.43. The molecule has 0 saturated heterocycles. The van der Waals surface area contributed by atoms with E-state index in [2.05, 4.69) is 43.3 Å². The Morgan fingerprint density at radius 2 is 2.29 bits per heavy atom. The second-order valence-corrected chi connectivity index (χ2v) is 6.08. The normalized spacial score (nSPS) is 13.1. The van der Waals surface area contributed by atoms with Gasteiger partial charge in [-0.05, 0) is 11.2 Å². The Morgan fingerprint density at radius 1 is 1.52 bits per heavy atom. The molecule has 0 radical (unpaired) electrons. The number of thiol groups is 1. The Kier molecular flexibility index (Phi) is 4.61. The summed E-state index contributed by atoms with van der Waals surface area (Å²) in [5, 5.41) is 13.2. The van der Waals surface area contributed by atoms with E-state index in [-0.39, 0.29) is 11.3 Å². The molecule has 2 heterocycles. The topological polar surface area (TPSA) is 110 Å². The van der Waals surface area contributed by atoms with Gasteiger partial charge in [0.05, 0.1) is 0 Å². The van der Waals surface area contributed by atoms with Crippen LogP contribution in [0.1, 0.15) is 39.1 Å². The number of carbonyl (C=O) groups excluding carboxylic acids is 1. The van der Waals surface area contributed by atoms with Gasteiger partial charge in [0.1, 0.15) is 12.4 Å². The van der Waals surface area contributed by atoms with Gasteiger partial charge in [-0.1, -0.05) is 25.9 Å². The molecule has 1 amide bonds. The molecule has 0 bridgehead atoms. The Labute approximate surface area is 127 Å². The van der Waals surface area contributed by atoms with Gasteiger partial charge in [0, 0.05) is 6.42 Å². The van der Waals surface area contributed by atoms with Crippen LogP contribution in [0.5, 0.6) is 0 Å². The van der Waals surface area contributed by atoms with Crippen molar-refractivity contribution in [3.8, 4) is 11.6 Å². The highest BCUT2D eigenvalue weighted by atomic mass is 32.1. The van der Waals surface area contributed by atoms with E-state index < -0.39 is 6.04 Å². The first kappa shape index (κ1) is 15.5. The third-order valence-corrected chi connectivity index (χ3v) is 3.05. The number of H-pyrrole nitrogens is 1. The van der Waals surface area contributed by atoms with E-state index in [9.17, 15) is 4.79 Å². The minimum Gasteiger partial charge on any atom is -0.344 e. The smallest absolute Gasteiger partial charge is 0.250 e. The van der Waals surface area contributed by atoms with Crippen molar-refractivity contribution in [1.29, 1.82) is 0 Å². The van der Waals surface area contributed by atoms with Crippen LogP contribution in [0.15, 0.2) is 10.9 Å². The van der Waals surface area contributed by atoms with E-state index >= 15 is 0 Å². The molecule has 0 aliphatic carbocycles. The minimum absolute atomic E-state index is 0.107. The molecule has 0 spiro atoms. The highest BCUT2D eigenvalue weighted by molar-refractivity contribution is 7.80. The zero-order valence-corrected chi connectivity index (χ0v) is 13.0. The summed E-state index contributed by atoms with van der Waals surface area (Å²) >= 11 is 4.06. The van der Waals surface area contributed by atoms with Gasteiger partial charge >= 0.3 is 0 Å². The third-order valence-electron chi connectivity index (χ3n) is 2.83. The summed E-state index contributed by atoms with van der Waals surface area (Å²) in [7, 11) is 0. The number of amides is 1. The molecule has 21 heavy (non-hydrogen) atoms. The molecule has 2 rings (SSSR count). The van der Waals surface area contributed by atoms with E-state index in [1.807, 2.05) is 20.8 Å². The molecule has 2 N–H and O–H groups in total. The van der Waals surface area contributed by atoms with Crippen molar-refractivity contribution in [3.05, 3.63) is 12.2 Å². The fraction of sp³-hybridized carbons (Fsp3) is 0.583. The van der Waals surface area contributed by atoms with Crippen LogP contribution >= 0.6 is 12.6 Å². The van der Waals surface area contributed by atoms with Crippen LogP contribution in [-0.2, 0) is 4.79 Å². The zero-order valence-electron chi connectivity index (χ0n) is 12.1. The molecule has 0 saturated carbocycles. The second kappa shape index (κ2) is 6.25. The maximum Gasteiger partial charge on any atom is 0.250 e. The first-order chi connectivity index (χ1) is 9.91. The molecule has 9 heteroatoms. The van der Waals surface area contributed by atoms with Crippen LogP contribution in [0.25, 0.3) is 11.6 Å². The third kappa shape index (κ3) is 3.81. The number of aromatic amines is 1. The summed E-state index contributed by atoms with van der Waals surface area (Å²) in [4.78, 5) is 20.1. The second-order valence-electron chi connectivity index (χ2n) is 5.63. The lowest BCUT2D eigenvalue weighted by atomic mass is 9.86. The van der Waals surface area contributed by atoms with Crippen molar-refractivity contribution in [2.45, 2.75) is 33.2 Å². The highest BCUT2D eigenvalue weighted by Gasteiger charge is 2.33. The van der Waals surface area contributed by atoms with Gasteiger partial charge in [-0.15, -0.1) is 0 Å². The number of nitrogens with one attached hydrogen (secondary N) is 2. The molecule has 2 aromatic rings. The molecule has 0 aliphatic heterocycles. The average Bonchev–Trinajstić information content (AvgIpc) is 3.05. The summed E-state index contributed by atoms with van der Waals surface area (Å²) < 4.78 is 5.27. The summed E-state index contributed by atoms with van der Waals surface area (Å²) in [6, 6.07) is -0.394. The maximum atomic E-state index is 11.8. The molecule has 0 aliphatic rings. The molecule has 1 atom stereocenters. The van der Waals surface area contributed by atoms with Crippen LogP contribution in [-0.4, -0.2) is 37.0 Å². The van der Waals surface area contributed by atoms with E-state index in [1.165, 1.54) is 6.33 Å².